The van der Waals surface area contributed by atoms with Crippen LogP contribution in [0.15, 0.2) is 6.20 Å². The maximum Gasteiger partial charge on any atom is 0.272 e. The van der Waals surface area contributed by atoms with Gasteiger partial charge >= 0.3 is 0 Å². The molecule has 0 fully saturated rings. The number of hydrogen-bond acceptors (Lipinski definition) is 2. The number of aromatic nitrogens is 1. The molecule has 0 N–H and O–H groups in total. The SMILES string of the molecule is CC(F)(F)c1c(C#N)cnc2c1CCCC2. The molecule has 4 heteroatoms. The molecule has 2 nitrogen and oxygen atoms in total. The molecule has 0 atom stereocenters. The van der Waals surface area contributed by atoms with Crippen molar-refractivity contribution in [1.82, 2.24) is 4.98 Å². The van der Waals surface area contributed by atoms with E-state index in [-0.39, 0.29) is 11.1 Å². The summed E-state index contributed by atoms with van der Waals surface area (Å²) in [5.41, 5.74) is 1.23. The number of aryl methyl sites for hydroxylation is 1. The molecular weight excluding hydrogens is 210 g/mol. The molecule has 0 radical (unpaired) electrons. The second-order valence-electron chi connectivity index (χ2n) is 4.18. The van der Waals surface area contributed by atoms with Gasteiger partial charge in [0.1, 0.15) is 6.07 Å². The Labute approximate surface area is 92.9 Å². The van der Waals surface area contributed by atoms with Crippen molar-refractivity contribution < 1.29 is 8.78 Å². The van der Waals surface area contributed by atoms with Crippen LogP contribution in [0.1, 0.15) is 42.1 Å². The van der Waals surface area contributed by atoms with E-state index in [2.05, 4.69) is 4.98 Å². The van der Waals surface area contributed by atoms with Gasteiger partial charge in [0.05, 0.1) is 5.56 Å². The largest absolute Gasteiger partial charge is 0.272 e. The number of fused-ring (bicyclic) bond motifs is 1. The van der Waals surface area contributed by atoms with Crippen LogP contribution in [0.5, 0.6) is 0 Å². The van der Waals surface area contributed by atoms with Crippen LogP contribution in [0.2, 0.25) is 0 Å². The van der Waals surface area contributed by atoms with Gasteiger partial charge in [0.25, 0.3) is 5.92 Å². The number of hydrogen-bond donors (Lipinski definition) is 0. The average Bonchev–Trinajstić information content (AvgIpc) is 2.26. The number of nitriles is 1. The molecule has 0 aromatic carbocycles. The molecule has 0 saturated carbocycles. The van der Waals surface area contributed by atoms with Crippen molar-refractivity contribution in [2.75, 3.05) is 0 Å². The molecule has 0 spiro atoms. The average molecular weight is 222 g/mol. The lowest BCUT2D eigenvalue weighted by molar-refractivity contribution is 0.0159. The Balaban J connectivity index is 2.67. The van der Waals surface area contributed by atoms with E-state index in [9.17, 15) is 8.78 Å². The third kappa shape index (κ3) is 1.78. The van der Waals surface area contributed by atoms with E-state index < -0.39 is 5.92 Å². The molecule has 0 aliphatic heterocycles. The van der Waals surface area contributed by atoms with Gasteiger partial charge in [0.2, 0.25) is 0 Å². The van der Waals surface area contributed by atoms with Gasteiger partial charge in [0, 0.05) is 24.4 Å². The number of nitrogens with zero attached hydrogens (tertiary/aromatic N) is 2. The Hall–Kier alpha value is -1.50. The fourth-order valence-electron chi connectivity index (χ4n) is 2.26. The molecule has 0 unspecified atom stereocenters. The molecule has 1 aliphatic carbocycles. The van der Waals surface area contributed by atoms with Crippen LogP contribution in [0.4, 0.5) is 8.78 Å². The number of alkyl halides is 2. The minimum absolute atomic E-state index is 0.00755. The Morgan fingerprint density at radius 2 is 2.06 bits per heavy atom. The lowest BCUT2D eigenvalue weighted by Gasteiger charge is -2.22. The zero-order chi connectivity index (χ0) is 11.8. The van der Waals surface area contributed by atoms with Gasteiger partial charge in [-0.15, -0.1) is 0 Å². The summed E-state index contributed by atoms with van der Waals surface area (Å²) in [6, 6.07) is 1.81. The first kappa shape index (κ1) is 11.0. The Kier molecular flexibility index (Phi) is 2.63. The van der Waals surface area contributed by atoms with Crippen molar-refractivity contribution in [3.63, 3.8) is 0 Å². The van der Waals surface area contributed by atoms with Crippen LogP contribution in [-0.2, 0) is 18.8 Å². The summed E-state index contributed by atoms with van der Waals surface area (Å²) in [6.07, 6.45) is 4.50. The van der Waals surface area contributed by atoms with Crippen LogP contribution in [-0.4, -0.2) is 4.98 Å². The first-order valence-corrected chi connectivity index (χ1v) is 5.33. The van der Waals surface area contributed by atoms with E-state index in [1.807, 2.05) is 6.07 Å². The van der Waals surface area contributed by atoms with Crippen molar-refractivity contribution in [1.29, 1.82) is 5.26 Å². The highest BCUT2D eigenvalue weighted by Crippen LogP contribution is 2.36. The molecule has 1 aromatic rings. The van der Waals surface area contributed by atoms with Crippen molar-refractivity contribution in [3.05, 3.63) is 28.6 Å². The Morgan fingerprint density at radius 1 is 1.38 bits per heavy atom. The summed E-state index contributed by atoms with van der Waals surface area (Å²) in [7, 11) is 0. The van der Waals surface area contributed by atoms with Gasteiger partial charge in [-0.05, 0) is 31.2 Å². The van der Waals surface area contributed by atoms with E-state index >= 15 is 0 Å². The van der Waals surface area contributed by atoms with Gasteiger partial charge < -0.3 is 0 Å². The summed E-state index contributed by atoms with van der Waals surface area (Å²) < 4.78 is 27.0. The highest BCUT2D eigenvalue weighted by atomic mass is 19.3. The van der Waals surface area contributed by atoms with Crippen molar-refractivity contribution in [2.45, 2.75) is 38.5 Å². The van der Waals surface area contributed by atoms with Gasteiger partial charge in [-0.1, -0.05) is 0 Å². The van der Waals surface area contributed by atoms with Gasteiger partial charge in [-0.25, -0.2) is 8.78 Å². The van der Waals surface area contributed by atoms with Crippen molar-refractivity contribution >= 4 is 0 Å². The lowest BCUT2D eigenvalue weighted by atomic mass is 9.88. The monoisotopic (exact) mass is 222 g/mol. The van der Waals surface area contributed by atoms with Crippen LogP contribution < -0.4 is 0 Å². The number of rotatable bonds is 1. The standard InChI is InChI=1S/C12H12F2N2/c1-12(13,14)11-8(6-15)7-16-10-5-3-2-4-9(10)11/h7H,2-5H2,1H3. The highest BCUT2D eigenvalue weighted by Gasteiger charge is 2.33. The van der Waals surface area contributed by atoms with E-state index in [0.29, 0.717) is 12.0 Å². The molecule has 16 heavy (non-hydrogen) atoms. The summed E-state index contributed by atoms with van der Waals surface area (Å²) in [6.45, 7) is 0.845. The van der Waals surface area contributed by atoms with Crippen LogP contribution >= 0.6 is 0 Å². The van der Waals surface area contributed by atoms with E-state index in [1.54, 1.807) is 0 Å². The smallest absolute Gasteiger partial charge is 0.260 e. The Morgan fingerprint density at radius 3 is 2.69 bits per heavy atom. The molecule has 0 bridgehead atoms. The molecule has 2 rings (SSSR count). The number of pyridine rings is 1. The van der Waals surface area contributed by atoms with E-state index in [4.69, 9.17) is 5.26 Å². The first-order valence-electron chi connectivity index (χ1n) is 5.33. The van der Waals surface area contributed by atoms with Crippen molar-refractivity contribution in [3.8, 4) is 6.07 Å². The normalized spacial score (nSPS) is 15.4. The van der Waals surface area contributed by atoms with Crippen LogP contribution in [0.25, 0.3) is 0 Å². The summed E-state index contributed by atoms with van der Waals surface area (Å²) in [5, 5.41) is 8.86. The first-order chi connectivity index (χ1) is 7.54. The van der Waals surface area contributed by atoms with Crippen LogP contribution in [0.3, 0.4) is 0 Å². The molecule has 1 aliphatic rings. The second kappa shape index (κ2) is 3.82. The lowest BCUT2D eigenvalue weighted by Crippen LogP contribution is -2.18. The summed E-state index contributed by atoms with van der Waals surface area (Å²) in [4.78, 5) is 4.11. The highest BCUT2D eigenvalue weighted by molar-refractivity contribution is 5.46. The van der Waals surface area contributed by atoms with Crippen molar-refractivity contribution in [2.24, 2.45) is 0 Å². The zero-order valence-electron chi connectivity index (χ0n) is 9.06. The number of halogens is 2. The predicted octanol–water partition coefficient (Wildman–Crippen LogP) is 2.94. The van der Waals surface area contributed by atoms with E-state index in [1.165, 1.54) is 6.20 Å². The zero-order valence-corrected chi connectivity index (χ0v) is 9.06. The molecule has 1 aromatic heterocycles. The molecule has 1 heterocycles. The second-order valence-corrected chi connectivity index (χ2v) is 4.18. The predicted molar refractivity (Wildman–Crippen MR) is 55.2 cm³/mol. The quantitative estimate of drug-likeness (QED) is 0.732. The third-order valence-corrected chi connectivity index (χ3v) is 2.92. The third-order valence-electron chi connectivity index (χ3n) is 2.92. The molecule has 84 valence electrons. The minimum Gasteiger partial charge on any atom is -0.260 e. The Bertz CT molecular complexity index is 455. The maximum absolute atomic E-state index is 13.5. The topological polar surface area (TPSA) is 36.7 Å². The van der Waals surface area contributed by atoms with Gasteiger partial charge in [0.15, 0.2) is 0 Å². The van der Waals surface area contributed by atoms with E-state index in [0.717, 1.165) is 31.9 Å². The molecular formula is C12H12F2N2. The molecule has 0 saturated heterocycles. The maximum atomic E-state index is 13.5. The summed E-state index contributed by atoms with van der Waals surface area (Å²) in [5.74, 6) is -2.96. The van der Waals surface area contributed by atoms with Crippen LogP contribution in [0, 0.1) is 11.3 Å². The van der Waals surface area contributed by atoms with Gasteiger partial charge in [-0.3, -0.25) is 4.98 Å². The molecule has 0 amide bonds. The van der Waals surface area contributed by atoms with Gasteiger partial charge in [-0.2, -0.15) is 5.26 Å². The minimum atomic E-state index is -2.96. The fourth-order valence-corrected chi connectivity index (χ4v) is 2.26. The fraction of sp³-hybridized carbons (Fsp3) is 0.500. The summed E-state index contributed by atoms with van der Waals surface area (Å²) >= 11 is 0.